The molecule has 29 heavy (non-hydrogen) atoms. The van der Waals surface area contributed by atoms with Crippen molar-refractivity contribution in [2.75, 3.05) is 6.26 Å². The summed E-state index contributed by atoms with van der Waals surface area (Å²) in [6.45, 7) is 1.68. The van der Waals surface area contributed by atoms with E-state index in [0.717, 1.165) is 6.26 Å². The molecule has 0 atom stereocenters. The Hall–Kier alpha value is -3.00. The van der Waals surface area contributed by atoms with E-state index in [2.05, 4.69) is 4.98 Å². The second-order valence-electron chi connectivity index (χ2n) is 6.87. The average molecular weight is 415 g/mol. The summed E-state index contributed by atoms with van der Waals surface area (Å²) >= 11 is 0. The fourth-order valence-electron chi connectivity index (χ4n) is 3.18. The standard InChI is InChI=1S/C21H21NO6S/c1-3-17(23)21-18(24)11-13(12-19(21)25)16-5-4-6-20(22-16)28-14-7-9-15(10-8-14)29(2,26)27/h4-10,13,23H,3,11-12H2,1-2H3. The van der Waals surface area contributed by atoms with E-state index in [1.165, 1.54) is 24.3 Å². The second-order valence-corrected chi connectivity index (χ2v) is 8.89. The van der Waals surface area contributed by atoms with Crippen LogP contribution in [0, 0.1) is 0 Å². The van der Waals surface area contributed by atoms with Crippen molar-refractivity contribution in [3.05, 3.63) is 59.5 Å². The molecule has 1 aromatic carbocycles. The van der Waals surface area contributed by atoms with Crippen LogP contribution in [0.2, 0.25) is 0 Å². The van der Waals surface area contributed by atoms with Gasteiger partial charge in [-0.2, -0.15) is 0 Å². The average Bonchev–Trinajstić information content (AvgIpc) is 2.67. The molecule has 1 N–H and O–H groups in total. The summed E-state index contributed by atoms with van der Waals surface area (Å²) in [7, 11) is -3.29. The summed E-state index contributed by atoms with van der Waals surface area (Å²) in [4.78, 5) is 29.2. The van der Waals surface area contributed by atoms with Crippen molar-refractivity contribution < 1.29 is 27.9 Å². The Morgan fingerprint density at radius 1 is 1.10 bits per heavy atom. The van der Waals surface area contributed by atoms with E-state index in [4.69, 9.17) is 4.74 Å². The van der Waals surface area contributed by atoms with Crippen LogP contribution in [0.5, 0.6) is 11.6 Å². The van der Waals surface area contributed by atoms with E-state index in [1.807, 2.05) is 0 Å². The molecule has 0 bridgehead atoms. The number of sulfone groups is 1. The molecule has 0 aliphatic heterocycles. The Morgan fingerprint density at radius 3 is 2.28 bits per heavy atom. The van der Waals surface area contributed by atoms with E-state index in [9.17, 15) is 23.1 Å². The van der Waals surface area contributed by atoms with E-state index in [0.29, 0.717) is 11.4 Å². The molecule has 1 aliphatic carbocycles. The minimum atomic E-state index is -3.29. The van der Waals surface area contributed by atoms with Crippen molar-refractivity contribution in [3.8, 4) is 11.6 Å². The lowest BCUT2D eigenvalue weighted by atomic mass is 9.81. The summed E-state index contributed by atoms with van der Waals surface area (Å²) in [5, 5.41) is 9.82. The first kappa shape index (κ1) is 20.7. The number of pyridine rings is 1. The molecule has 152 valence electrons. The summed E-state index contributed by atoms with van der Waals surface area (Å²) in [5.41, 5.74) is 0.453. The van der Waals surface area contributed by atoms with Crippen LogP contribution in [0.1, 0.15) is 37.8 Å². The van der Waals surface area contributed by atoms with Crippen LogP contribution in [0.25, 0.3) is 0 Å². The molecular weight excluding hydrogens is 394 g/mol. The molecule has 1 aromatic heterocycles. The van der Waals surface area contributed by atoms with Crippen molar-refractivity contribution in [2.45, 2.75) is 37.0 Å². The largest absolute Gasteiger partial charge is 0.511 e. The number of nitrogens with zero attached hydrogens (tertiary/aromatic N) is 1. The van der Waals surface area contributed by atoms with E-state index in [1.54, 1.807) is 25.1 Å². The van der Waals surface area contributed by atoms with E-state index >= 15 is 0 Å². The number of carbonyl (C=O) groups excluding carboxylic acids is 2. The Morgan fingerprint density at radius 2 is 1.72 bits per heavy atom. The van der Waals surface area contributed by atoms with Crippen LogP contribution in [-0.2, 0) is 19.4 Å². The first-order valence-corrected chi connectivity index (χ1v) is 11.0. The highest BCUT2D eigenvalue weighted by Crippen LogP contribution is 2.33. The number of Topliss-reactive ketones (excluding diaryl/α,β-unsaturated/α-hetero) is 2. The van der Waals surface area contributed by atoms with Gasteiger partial charge in [0.25, 0.3) is 0 Å². The summed E-state index contributed by atoms with van der Waals surface area (Å²) in [6.07, 6.45) is 1.54. The number of benzene rings is 1. The number of aromatic nitrogens is 1. The summed E-state index contributed by atoms with van der Waals surface area (Å²) < 4.78 is 28.7. The number of allylic oxidation sites excluding steroid dienone is 2. The zero-order chi connectivity index (χ0) is 21.2. The van der Waals surface area contributed by atoms with Crippen LogP contribution < -0.4 is 4.74 Å². The molecule has 1 aliphatic rings. The van der Waals surface area contributed by atoms with Crippen molar-refractivity contribution in [2.24, 2.45) is 0 Å². The SMILES string of the molecule is CCC(O)=C1C(=O)CC(c2cccc(Oc3ccc(S(C)(=O)=O)cc3)n2)CC1=O. The molecular formula is C21H21NO6S. The van der Waals surface area contributed by atoms with E-state index in [-0.39, 0.29) is 58.9 Å². The monoisotopic (exact) mass is 415 g/mol. The van der Waals surface area contributed by atoms with Gasteiger partial charge >= 0.3 is 0 Å². The van der Waals surface area contributed by atoms with Gasteiger partial charge in [0.15, 0.2) is 21.4 Å². The van der Waals surface area contributed by atoms with Gasteiger partial charge in [-0.1, -0.05) is 13.0 Å². The molecule has 1 heterocycles. The molecule has 1 saturated carbocycles. The maximum atomic E-state index is 12.3. The molecule has 1 fully saturated rings. The van der Waals surface area contributed by atoms with E-state index < -0.39 is 9.84 Å². The number of rotatable bonds is 5. The summed E-state index contributed by atoms with van der Waals surface area (Å²) in [6, 6.07) is 11.0. The molecule has 0 saturated heterocycles. The lowest BCUT2D eigenvalue weighted by molar-refractivity contribution is -0.124. The molecule has 0 unspecified atom stereocenters. The molecule has 0 amide bonds. The zero-order valence-electron chi connectivity index (χ0n) is 16.1. The van der Waals surface area contributed by atoms with Crippen LogP contribution in [0.4, 0.5) is 0 Å². The highest BCUT2D eigenvalue weighted by Gasteiger charge is 2.34. The minimum Gasteiger partial charge on any atom is -0.511 e. The lowest BCUT2D eigenvalue weighted by Gasteiger charge is -2.22. The number of ether oxygens (including phenoxy) is 1. The fourth-order valence-corrected chi connectivity index (χ4v) is 3.81. The molecule has 8 heteroatoms. The highest BCUT2D eigenvalue weighted by atomic mass is 32.2. The van der Waals surface area contributed by atoms with Gasteiger partial charge in [-0.05, 0) is 30.3 Å². The molecule has 7 nitrogen and oxygen atoms in total. The maximum Gasteiger partial charge on any atom is 0.219 e. The van der Waals surface area contributed by atoms with Gasteiger partial charge in [0.1, 0.15) is 11.5 Å². The predicted molar refractivity (Wildman–Crippen MR) is 106 cm³/mol. The van der Waals surface area contributed by atoms with Gasteiger partial charge in [-0.25, -0.2) is 13.4 Å². The first-order valence-electron chi connectivity index (χ1n) is 9.12. The van der Waals surface area contributed by atoms with Crippen molar-refractivity contribution in [1.29, 1.82) is 0 Å². The molecule has 0 radical (unpaired) electrons. The number of hydrogen-bond acceptors (Lipinski definition) is 7. The number of hydrogen-bond donors (Lipinski definition) is 1. The van der Waals surface area contributed by atoms with Gasteiger partial charge < -0.3 is 9.84 Å². The molecule has 3 rings (SSSR count). The third kappa shape index (κ3) is 4.71. The zero-order valence-corrected chi connectivity index (χ0v) is 16.9. The summed E-state index contributed by atoms with van der Waals surface area (Å²) in [5.74, 6) is -0.631. The van der Waals surface area contributed by atoms with Crippen LogP contribution in [-0.4, -0.2) is 36.3 Å². The minimum absolute atomic E-state index is 0.0879. The smallest absolute Gasteiger partial charge is 0.219 e. The number of ketones is 2. The Labute approximate surface area is 169 Å². The first-order chi connectivity index (χ1) is 13.7. The predicted octanol–water partition coefficient (Wildman–Crippen LogP) is 3.52. The van der Waals surface area contributed by atoms with Gasteiger partial charge in [-0.3, -0.25) is 9.59 Å². The Kier molecular flexibility index (Phi) is 5.83. The number of carbonyl (C=O) groups is 2. The fraction of sp³-hybridized carbons (Fsp3) is 0.286. The topological polar surface area (TPSA) is 111 Å². The van der Waals surface area contributed by atoms with Gasteiger partial charge in [0.2, 0.25) is 5.88 Å². The Bertz CT molecular complexity index is 1070. The van der Waals surface area contributed by atoms with Crippen molar-refractivity contribution in [1.82, 2.24) is 4.98 Å². The lowest BCUT2D eigenvalue weighted by Crippen LogP contribution is -2.26. The van der Waals surface area contributed by atoms with Crippen LogP contribution >= 0.6 is 0 Å². The Balaban J connectivity index is 1.78. The van der Waals surface area contributed by atoms with Crippen molar-refractivity contribution in [3.63, 3.8) is 0 Å². The van der Waals surface area contributed by atoms with Crippen molar-refractivity contribution >= 4 is 21.4 Å². The second kappa shape index (κ2) is 8.16. The molecule has 2 aromatic rings. The molecule has 0 spiro atoms. The van der Waals surface area contributed by atoms with Crippen LogP contribution in [0.15, 0.2) is 58.7 Å². The van der Waals surface area contributed by atoms with Gasteiger partial charge in [-0.15, -0.1) is 0 Å². The third-order valence-electron chi connectivity index (χ3n) is 4.68. The normalized spacial score (nSPS) is 17.3. The third-order valence-corrected chi connectivity index (χ3v) is 5.81. The number of aliphatic hydroxyl groups is 1. The highest BCUT2D eigenvalue weighted by molar-refractivity contribution is 7.90. The van der Waals surface area contributed by atoms with Crippen LogP contribution in [0.3, 0.4) is 0 Å². The van der Waals surface area contributed by atoms with Gasteiger partial charge in [0, 0.05) is 43.2 Å². The maximum absolute atomic E-state index is 12.3. The van der Waals surface area contributed by atoms with Gasteiger partial charge in [0.05, 0.1) is 10.5 Å². The number of aliphatic hydroxyl groups excluding tert-OH is 1. The quantitative estimate of drug-likeness (QED) is 0.452.